The van der Waals surface area contributed by atoms with Crippen molar-refractivity contribution in [1.29, 1.82) is 0 Å². The summed E-state index contributed by atoms with van der Waals surface area (Å²) in [6.07, 6.45) is -6.34. The Kier molecular flexibility index (Phi) is 16.0. The van der Waals surface area contributed by atoms with E-state index in [9.17, 15) is 36.3 Å². The molecule has 0 aromatic heterocycles. The van der Waals surface area contributed by atoms with Crippen LogP contribution in [0, 0.1) is 0 Å². The van der Waals surface area contributed by atoms with E-state index in [-0.39, 0.29) is 0 Å². The third-order valence-electron chi connectivity index (χ3n) is 6.05. The number of halogens is 5. The highest BCUT2D eigenvalue weighted by atomic mass is 31.2. The largest absolute Gasteiger partial charge is 0.806 e. The maximum atomic E-state index is 11.4. The van der Waals surface area contributed by atoms with Gasteiger partial charge in [-0.25, -0.2) is 0 Å². The highest BCUT2D eigenvalue weighted by Crippen LogP contribution is 2.54. The average molecular weight is 458 g/mol. The van der Waals surface area contributed by atoms with Crippen LogP contribution < -0.4 is 9.79 Å². The number of alkyl halides is 5. The van der Waals surface area contributed by atoms with E-state index in [0.29, 0.717) is 0 Å². The normalized spacial score (nSPS) is 13.2. The molecule has 29 heavy (non-hydrogen) atoms. The Bertz CT molecular complexity index is 408. The van der Waals surface area contributed by atoms with Gasteiger partial charge in [0.1, 0.15) is 0 Å². The quantitative estimate of drug-likeness (QED) is 0.300. The first-order chi connectivity index (χ1) is 13.0. The van der Waals surface area contributed by atoms with Crippen LogP contribution in [-0.4, -0.2) is 73.2 Å². The molecule has 0 aromatic carbocycles. The smallest absolute Gasteiger partial charge is 0.458 e. The second kappa shape index (κ2) is 13.9. The van der Waals surface area contributed by atoms with Crippen LogP contribution >= 0.6 is 7.60 Å². The van der Waals surface area contributed by atoms with Crippen LogP contribution in [0.1, 0.15) is 55.4 Å². The molecule has 0 rings (SSSR count). The number of rotatable bonds is 9. The molecule has 0 fully saturated rings. The Morgan fingerprint density at radius 1 is 0.586 bits per heavy atom. The van der Waals surface area contributed by atoms with Crippen molar-refractivity contribution >= 4 is 7.60 Å². The van der Waals surface area contributed by atoms with Gasteiger partial charge in [0.25, 0.3) is 0 Å². The lowest BCUT2D eigenvalue weighted by Gasteiger charge is -2.37. The topological polar surface area (TPSA) is 63.2 Å². The van der Waals surface area contributed by atoms with Crippen LogP contribution in [0.25, 0.3) is 0 Å². The van der Waals surface area contributed by atoms with Crippen molar-refractivity contribution < 1.29 is 45.3 Å². The number of nitrogens with zero attached hydrogens (tertiary/aromatic N) is 2. The van der Waals surface area contributed by atoms with Crippen LogP contribution in [0.4, 0.5) is 22.0 Å². The molecule has 11 heteroatoms. The summed E-state index contributed by atoms with van der Waals surface area (Å²) >= 11 is 0. The minimum Gasteiger partial charge on any atom is -0.806 e. The summed E-state index contributed by atoms with van der Waals surface area (Å²) in [6, 6.07) is 0. The van der Waals surface area contributed by atoms with Gasteiger partial charge in [0.05, 0.1) is 52.4 Å². The van der Waals surface area contributed by atoms with Crippen molar-refractivity contribution in [1.82, 2.24) is 0 Å². The highest BCUT2D eigenvalue weighted by molar-refractivity contribution is 7.50. The summed E-state index contributed by atoms with van der Waals surface area (Å²) in [5.74, 6) is 0. The molecule has 0 heterocycles. The van der Waals surface area contributed by atoms with E-state index in [1.54, 1.807) is 0 Å². The second-order valence-corrected chi connectivity index (χ2v) is 8.31. The molecule has 0 saturated carbocycles. The number of hydrogen-bond acceptors (Lipinski definition) is 3. The zero-order valence-electron chi connectivity index (χ0n) is 19.1. The van der Waals surface area contributed by atoms with Crippen molar-refractivity contribution in [3.05, 3.63) is 0 Å². The van der Waals surface area contributed by atoms with Gasteiger partial charge >= 0.3 is 11.8 Å². The molecule has 0 atom stereocenters. The molecule has 0 aliphatic heterocycles. The molecule has 0 saturated heterocycles. The van der Waals surface area contributed by atoms with Gasteiger partial charge in [-0.3, -0.25) is 0 Å². The second-order valence-electron chi connectivity index (χ2n) is 6.75. The van der Waals surface area contributed by atoms with Crippen molar-refractivity contribution in [2.45, 2.75) is 67.2 Å². The number of quaternary nitrogens is 2. The van der Waals surface area contributed by atoms with Crippen LogP contribution in [0.5, 0.6) is 0 Å². The van der Waals surface area contributed by atoms with E-state index in [1.807, 2.05) is 0 Å². The van der Waals surface area contributed by atoms with Gasteiger partial charge in [-0.1, -0.05) is 0 Å². The Morgan fingerprint density at radius 3 is 0.759 bits per heavy atom. The molecule has 0 aromatic rings. The summed E-state index contributed by atoms with van der Waals surface area (Å²) in [7, 11) is -6.95. The van der Waals surface area contributed by atoms with Crippen molar-refractivity contribution in [3.8, 4) is 0 Å². The Labute approximate surface area is 173 Å². The summed E-state index contributed by atoms with van der Waals surface area (Å²) < 4.78 is 67.7. The Morgan fingerprint density at radius 2 is 0.759 bits per heavy atom. The fourth-order valence-electron chi connectivity index (χ4n) is 2.84. The molecule has 0 aliphatic carbocycles. The van der Waals surface area contributed by atoms with Gasteiger partial charge < -0.3 is 23.3 Å². The van der Waals surface area contributed by atoms with E-state index >= 15 is 0 Å². The third-order valence-corrected chi connectivity index (χ3v) is 6.99. The van der Waals surface area contributed by atoms with E-state index in [4.69, 9.17) is 0 Å². The maximum absolute atomic E-state index is 11.4. The fraction of sp³-hybridized carbons (Fsp3) is 1.00. The predicted octanol–water partition coefficient (Wildman–Crippen LogP) is 3.82. The monoisotopic (exact) mass is 458 g/mol. The molecule has 0 N–H and O–H groups in total. The lowest BCUT2D eigenvalue weighted by Crippen LogP contribution is -2.47. The van der Waals surface area contributed by atoms with Crippen molar-refractivity contribution in [2.75, 3.05) is 52.4 Å². The highest BCUT2D eigenvalue weighted by Gasteiger charge is 2.60. The lowest BCUT2D eigenvalue weighted by atomic mass is 10.3. The molecule has 0 amide bonds. The van der Waals surface area contributed by atoms with Crippen LogP contribution in [-0.2, 0) is 4.57 Å². The van der Waals surface area contributed by atoms with E-state index in [1.165, 1.54) is 61.3 Å². The SMILES string of the molecule is CC[N+](CC)(CC)CC.CC[N+](CC)(CC)CC.O=P([O-])([O-])C(F)(F)C(F)(F)F. The van der Waals surface area contributed by atoms with Crippen LogP contribution in [0.3, 0.4) is 0 Å². The maximum Gasteiger partial charge on any atom is 0.458 e. The van der Waals surface area contributed by atoms with Crippen LogP contribution in [0.2, 0.25) is 0 Å². The van der Waals surface area contributed by atoms with Crippen LogP contribution in [0.15, 0.2) is 0 Å². The van der Waals surface area contributed by atoms with Gasteiger partial charge in [-0.2, -0.15) is 22.0 Å². The summed E-state index contributed by atoms with van der Waals surface area (Å²) in [4.78, 5) is 18.6. The first-order valence-electron chi connectivity index (χ1n) is 10.2. The Balaban J connectivity index is -0.000000352. The van der Waals surface area contributed by atoms with Gasteiger partial charge in [0.2, 0.25) is 0 Å². The molecule has 0 bridgehead atoms. The summed E-state index contributed by atoms with van der Waals surface area (Å²) in [5, 5.41) is 0. The minimum absolute atomic E-state index is 1.28. The zero-order chi connectivity index (χ0) is 24.2. The molecule has 0 spiro atoms. The van der Waals surface area contributed by atoms with Gasteiger partial charge in [-0.05, 0) is 55.4 Å². The number of hydrogen-bond donors (Lipinski definition) is 0. The van der Waals surface area contributed by atoms with E-state index in [2.05, 4.69) is 55.4 Å². The third kappa shape index (κ3) is 10.5. The average Bonchev–Trinajstić information content (AvgIpc) is 2.66. The lowest BCUT2D eigenvalue weighted by molar-refractivity contribution is -0.921. The first-order valence-corrected chi connectivity index (χ1v) is 11.7. The Hall–Kier alpha value is -0.280. The summed E-state index contributed by atoms with van der Waals surface area (Å²) in [5.41, 5.74) is -6.18. The molecular weight excluding hydrogens is 418 g/mol. The van der Waals surface area contributed by atoms with Crippen molar-refractivity contribution in [3.63, 3.8) is 0 Å². The predicted molar refractivity (Wildman–Crippen MR) is 103 cm³/mol. The van der Waals surface area contributed by atoms with E-state index < -0.39 is 19.4 Å². The summed E-state index contributed by atoms with van der Waals surface area (Å²) in [6.45, 7) is 28.4. The minimum atomic E-state index is -6.95. The van der Waals surface area contributed by atoms with Crippen molar-refractivity contribution in [2.24, 2.45) is 0 Å². The fourth-order valence-corrected chi connectivity index (χ4v) is 3.15. The zero-order valence-corrected chi connectivity index (χ0v) is 20.0. The van der Waals surface area contributed by atoms with Gasteiger partial charge in [-0.15, -0.1) is 0 Å². The van der Waals surface area contributed by atoms with E-state index in [0.717, 1.165) is 0 Å². The van der Waals surface area contributed by atoms with Gasteiger partial charge in [0, 0.05) is 7.60 Å². The molecular formula is C18H40F5N2O3P. The first kappa shape index (κ1) is 33.4. The standard InChI is InChI=1S/2C8H20N.C2H2F5O3P/c2*1-5-9(6-2,7-3)8-4;3-1(4,5)2(6,7)11(8,9)10/h2*5-8H2,1-4H3;(H2,8,9,10)/q2*+1;/p-2. The molecule has 0 radical (unpaired) electrons. The molecule has 0 aliphatic rings. The molecule has 180 valence electrons. The molecule has 5 nitrogen and oxygen atoms in total. The molecule has 0 unspecified atom stereocenters. The van der Waals surface area contributed by atoms with Gasteiger partial charge in [0.15, 0.2) is 0 Å².